The molecule has 0 saturated carbocycles. The third-order valence-electron chi connectivity index (χ3n) is 5.62. The van der Waals surface area contributed by atoms with E-state index in [4.69, 9.17) is 0 Å². The van der Waals surface area contributed by atoms with E-state index in [2.05, 4.69) is 56.8 Å². The van der Waals surface area contributed by atoms with Gasteiger partial charge in [-0.2, -0.15) is 5.26 Å². The lowest BCUT2D eigenvalue weighted by Gasteiger charge is -2.31. The standard InChI is InChI=1S/C22H31N5O/c23-17-21(22(28)25-10-15-26-13-8-24-9-14-26)18-27-11-6-20(7-12-27)16-19-4-2-1-3-5-19/h1-5,18,20,24H,6-16H2,(H,25,28)/b21-18-. The fraction of sp³-hybridized carbons (Fsp3) is 0.545. The molecule has 2 aliphatic rings. The van der Waals surface area contributed by atoms with E-state index in [1.807, 2.05) is 0 Å². The lowest BCUT2D eigenvalue weighted by Crippen LogP contribution is -2.46. The number of nitriles is 1. The van der Waals surface area contributed by atoms with E-state index in [9.17, 15) is 10.1 Å². The third kappa shape index (κ3) is 6.36. The minimum atomic E-state index is -0.260. The number of amides is 1. The van der Waals surface area contributed by atoms with Gasteiger partial charge < -0.3 is 15.5 Å². The topological polar surface area (TPSA) is 71.4 Å². The highest BCUT2D eigenvalue weighted by atomic mass is 16.1. The van der Waals surface area contributed by atoms with Gasteiger partial charge in [0.1, 0.15) is 11.6 Å². The largest absolute Gasteiger partial charge is 0.376 e. The predicted octanol–water partition coefficient (Wildman–Crippen LogP) is 1.37. The molecule has 0 unspecified atom stereocenters. The summed E-state index contributed by atoms with van der Waals surface area (Å²) in [4.78, 5) is 16.8. The zero-order valence-corrected chi connectivity index (χ0v) is 16.6. The van der Waals surface area contributed by atoms with Crippen molar-refractivity contribution in [3.63, 3.8) is 0 Å². The highest BCUT2D eigenvalue weighted by Gasteiger charge is 2.19. The van der Waals surface area contributed by atoms with Crippen molar-refractivity contribution in [2.75, 3.05) is 52.4 Å². The minimum absolute atomic E-state index is 0.210. The van der Waals surface area contributed by atoms with Crippen LogP contribution in [0.2, 0.25) is 0 Å². The molecular weight excluding hydrogens is 350 g/mol. The van der Waals surface area contributed by atoms with E-state index in [1.54, 1.807) is 6.20 Å². The lowest BCUT2D eigenvalue weighted by molar-refractivity contribution is -0.117. The van der Waals surface area contributed by atoms with Gasteiger partial charge in [-0.3, -0.25) is 9.69 Å². The molecule has 3 rings (SSSR count). The second-order valence-electron chi connectivity index (χ2n) is 7.67. The van der Waals surface area contributed by atoms with Gasteiger partial charge >= 0.3 is 0 Å². The maximum absolute atomic E-state index is 12.3. The number of rotatable bonds is 7. The Hall–Kier alpha value is -2.36. The normalized spacial score (nSPS) is 19.2. The fourth-order valence-corrected chi connectivity index (χ4v) is 3.91. The zero-order valence-electron chi connectivity index (χ0n) is 16.6. The molecule has 1 aromatic rings. The maximum atomic E-state index is 12.3. The number of benzene rings is 1. The average molecular weight is 382 g/mol. The van der Waals surface area contributed by atoms with Crippen LogP contribution in [0.5, 0.6) is 0 Å². The molecule has 2 aliphatic heterocycles. The second-order valence-corrected chi connectivity index (χ2v) is 7.67. The number of nitrogens with zero attached hydrogens (tertiary/aromatic N) is 3. The monoisotopic (exact) mass is 381 g/mol. The molecule has 2 fully saturated rings. The number of likely N-dealkylation sites (tertiary alicyclic amines) is 1. The van der Waals surface area contributed by atoms with Crippen molar-refractivity contribution in [1.82, 2.24) is 20.4 Å². The molecule has 1 aromatic carbocycles. The van der Waals surface area contributed by atoms with Gasteiger partial charge in [0.05, 0.1) is 0 Å². The Bertz CT molecular complexity index is 683. The molecule has 0 bridgehead atoms. The number of hydrogen-bond donors (Lipinski definition) is 2. The first-order valence-electron chi connectivity index (χ1n) is 10.4. The Morgan fingerprint density at radius 2 is 1.89 bits per heavy atom. The lowest BCUT2D eigenvalue weighted by atomic mass is 9.90. The summed E-state index contributed by atoms with van der Waals surface area (Å²) >= 11 is 0. The van der Waals surface area contributed by atoms with Gasteiger partial charge in [-0.25, -0.2) is 0 Å². The number of nitrogens with one attached hydrogen (secondary N) is 2. The van der Waals surface area contributed by atoms with E-state index in [0.717, 1.165) is 65.1 Å². The molecule has 0 radical (unpaired) electrons. The van der Waals surface area contributed by atoms with Crippen LogP contribution in [0.4, 0.5) is 0 Å². The molecule has 0 spiro atoms. The van der Waals surface area contributed by atoms with E-state index in [0.29, 0.717) is 12.5 Å². The van der Waals surface area contributed by atoms with E-state index < -0.39 is 0 Å². The molecule has 0 aromatic heterocycles. The Kier molecular flexibility index (Phi) is 7.89. The number of piperidine rings is 1. The first kappa shape index (κ1) is 20.4. The summed E-state index contributed by atoms with van der Waals surface area (Å²) in [7, 11) is 0. The zero-order chi connectivity index (χ0) is 19.6. The maximum Gasteiger partial charge on any atom is 0.263 e. The molecule has 0 atom stereocenters. The van der Waals surface area contributed by atoms with Crippen LogP contribution in [0.25, 0.3) is 0 Å². The molecule has 2 heterocycles. The van der Waals surface area contributed by atoms with Crippen LogP contribution in [0, 0.1) is 17.2 Å². The first-order valence-corrected chi connectivity index (χ1v) is 10.4. The summed E-state index contributed by atoms with van der Waals surface area (Å²) in [5.41, 5.74) is 1.60. The number of carbonyl (C=O) groups excluding carboxylic acids is 1. The Morgan fingerprint density at radius 1 is 1.18 bits per heavy atom. The Labute approximate surface area is 168 Å². The van der Waals surface area contributed by atoms with Crippen molar-refractivity contribution < 1.29 is 4.79 Å². The molecule has 6 heteroatoms. The minimum Gasteiger partial charge on any atom is -0.376 e. The summed E-state index contributed by atoms with van der Waals surface area (Å²) in [5.74, 6) is 0.412. The van der Waals surface area contributed by atoms with Gasteiger partial charge in [-0.15, -0.1) is 0 Å². The van der Waals surface area contributed by atoms with Crippen molar-refractivity contribution in [3.05, 3.63) is 47.7 Å². The summed E-state index contributed by atoms with van der Waals surface area (Å²) in [6.07, 6.45) is 5.04. The van der Waals surface area contributed by atoms with Crippen LogP contribution in [0.3, 0.4) is 0 Å². The van der Waals surface area contributed by atoms with Crippen molar-refractivity contribution in [2.45, 2.75) is 19.3 Å². The van der Waals surface area contributed by atoms with E-state index in [-0.39, 0.29) is 11.5 Å². The van der Waals surface area contributed by atoms with Crippen LogP contribution in [-0.2, 0) is 11.2 Å². The van der Waals surface area contributed by atoms with Gasteiger partial charge in [0.2, 0.25) is 0 Å². The van der Waals surface area contributed by atoms with Gasteiger partial charge in [0, 0.05) is 58.6 Å². The van der Waals surface area contributed by atoms with E-state index >= 15 is 0 Å². The summed E-state index contributed by atoms with van der Waals surface area (Å²) in [6.45, 7) is 7.22. The van der Waals surface area contributed by atoms with Crippen molar-refractivity contribution in [2.24, 2.45) is 5.92 Å². The molecule has 6 nitrogen and oxygen atoms in total. The third-order valence-corrected chi connectivity index (χ3v) is 5.62. The van der Waals surface area contributed by atoms with Gasteiger partial charge in [0.25, 0.3) is 5.91 Å². The van der Waals surface area contributed by atoms with Gasteiger partial charge in [-0.05, 0) is 30.7 Å². The number of hydrogen-bond acceptors (Lipinski definition) is 5. The quantitative estimate of drug-likeness (QED) is 0.551. The highest BCUT2D eigenvalue weighted by molar-refractivity contribution is 5.97. The van der Waals surface area contributed by atoms with E-state index in [1.165, 1.54) is 5.56 Å². The highest BCUT2D eigenvalue weighted by Crippen LogP contribution is 2.22. The molecule has 2 saturated heterocycles. The summed E-state index contributed by atoms with van der Waals surface area (Å²) in [5, 5.41) is 15.6. The van der Waals surface area contributed by atoms with Crippen LogP contribution < -0.4 is 10.6 Å². The van der Waals surface area contributed by atoms with Crippen molar-refractivity contribution >= 4 is 5.91 Å². The summed E-state index contributed by atoms with van der Waals surface area (Å²) in [6, 6.07) is 12.7. The van der Waals surface area contributed by atoms with Crippen molar-refractivity contribution in [3.8, 4) is 6.07 Å². The summed E-state index contributed by atoms with van der Waals surface area (Å²) < 4.78 is 0. The molecule has 28 heavy (non-hydrogen) atoms. The van der Waals surface area contributed by atoms with Gasteiger partial charge in [-0.1, -0.05) is 30.3 Å². The van der Waals surface area contributed by atoms with Crippen LogP contribution in [0.1, 0.15) is 18.4 Å². The molecule has 150 valence electrons. The fourth-order valence-electron chi connectivity index (χ4n) is 3.91. The van der Waals surface area contributed by atoms with Crippen LogP contribution in [-0.4, -0.2) is 68.1 Å². The Balaban J connectivity index is 1.41. The number of carbonyl (C=O) groups is 1. The second kappa shape index (κ2) is 10.8. The molecule has 1 amide bonds. The molecule has 0 aliphatic carbocycles. The predicted molar refractivity (Wildman–Crippen MR) is 110 cm³/mol. The smallest absolute Gasteiger partial charge is 0.263 e. The Morgan fingerprint density at radius 3 is 2.57 bits per heavy atom. The SMILES string of the molecule is N#C/C(=C/N1CCC(Cc2ccccc2)CC1)C(=O)NCCN1CCNCC1. The van der Waals surface area contributed by atoms with Crippen LogP contribution >= 0.6 is 0 Å². The molecule has 2 N–H and O–H groups in total. The van der Waals surface area contributed by atoms with Gasteiger partial charge in [0.15, 0.2) is 0 Å². The molecular formula is C22H31N5O. The number of piperazine rings is 1. The average Bonchev–Trinajstić information content (AvgIpc) is 2.74. The van der Waals surface area contributed by atoms with Crippen LogP contribution in [0.15, 0.2) is 42.1 Å². The van der Waals surface area contributed by atoms with Crippen molar-refractivity contribution in [1.29, 1.82) is 5.26 Å². The first-order chi connectivity index (χ1) is 13.7.